The molecule has 0 fully saturated rings. The van der Waals surface area contributed by atoms with Crippen LogP contribution >= 0.6 is 0 Å². The average molecular weight is 330 g/mol. The van der Waals surface area contributed by atoms with Crippen LogP contribution in [0.1, 0.15) is 11.3 Å². The molecule has 1 aromatic carbocycles. The molecule has 4 aromatic rings. The number of benzene rings is 1. The molecule has 7 heteroatoms. The summed E-state index contributed by atoms with van der Waals surface area (Å²) in [5.41, 5.74) is 3.56. The molecule has 0 aliphatic carbocycles. The van der Waals surface area contributed by atoms with E-state index < -0.39 is 0 Å². The summed E-state index contributed by atoms with van der Waals surface area (Å²) >= 11 is 0. The first-order valence-electron chi connectivity index (χ1n) is 7.67. The summed E-state index contributed by atoms with van der Waals surface area (Å²) in [4.78, 5) is 20.6. The lowest BCUT2D eigenvalue weighted by Crippen LogP contribution is -2.12. The van der Waals surface area contributed by atoms with Gasteiger partial charge in [0.1, 0.15) is 11.4 Å². The average Bonchev–Trinajstić information content (AvgIpc) is 3.07. The van der Waals surface area contributed by atoms with Crippen LogP contribution in [0.2, 0.25) is 0 Å². The quantitative estimate of drug-likeness (QED) is 0.575. The van der Waals surface area contributed by atoms with E-state index in [1.54, 1.807) is 40.2 Å². The topological polar surface area (TPSA) is 78.5 Å². The Morgan fingerprint density at radius 2 is 1.88 bits per heavy atom. The van der Waals surface area contributed by atoms with Gasteiger partial charge in [-0.2, -0.15) is 10.2 Å². The monoisotopic (exact) mass is 330 g/mol. The standard InChI is InChI=1S/C18H14N6O/c1-23-12-14(11-21-23)24-9-6-18(25)16(22-24)5-3-13-2-4-15-17(10-13)20-8-7-19-15/h2-12H,1H3/b5-3+. The van der Waals surface area contributed by atoms with Crippen LogP contribution in [-0.2, 0) is 7.05 Å². The fraction of sp³-hybridized carbons (Fsp3) is 0.0556. The van der Waals surface area contributed by atoms with Crippen LogP contribution in [0, 0.1) is 0 Å². The Bertz CT molecular complexity index is 1140. The third-order valence-corrected chi connectivity index (χ3v) is 3.72. The Morgan fingerprint density at radius 3 is 2.68 bits per heavy atom. The molecule has 25 heavy (non-hydrogen) atoms. The third-order valence-electron chi connectivity index (χ3n) is 3.72. The Morgan fingerprint density at radius 1 is 1.04 bits per heavy atom. The van der Waals surface area contributed by atoms with Gasteiger partial charge in [0.05, 0.1) is 23.4 Å². The summed E-state index contributed by atoms with van der Waals surface area (Å²) in [7, 11) is 1.83. The predicted octanol–water partition coefficient (Wildman–Crippen LogP) is 2.08. The molecule has 122 valence electrons. The van der Waals surface area contributed by atoms with Gasteiger partial charge in [0.2, 0.25) is 5.43 Å². The second-order valence-corrected chi connectivity index (χ2v) is 5.52. The van der Waals surface area contributed by atoms with Crippen molar-refractivity contribution in [2.75, 3.05) is 0 Å². The Hall–Kier alpha value is -3.61. The van der Waals surface area contributed by atoms with Crippen LogP contribution in [0.5, 0.6) is 0 Å². The van der Waals surface area contributed by atoms with Crippen molar-refractivity contribution in [3.63, 3.8) is 0 Å². The molecule has 3 aromatic heterocycles. The number of fused-ring (bicyclic) bond motifs is 1. The highest BCUT2D eigenvalue weighted by Gasteiger charge is 2.03. The molecule has 4 rings (SSSR count). The van der Waals surface area contributed by atoms with Crippen molar-refractivity contribution >= 4 is 23.2 Å². The molecule has 0 spiro atoms. The van der Waals surface area contributed by atoms with E-state index in [2.05, 4.69) is 20.2 Å². The fourth-order valence-corrected chi connectivity index (χ4v) is 2.47. The van der Waals surface area contributed by atoms with E-state index in [1.165, 1.54) is 6.07 Å². The minimum atomic E-state index is -0.142. The predicted molar refractivity (Wildman–Crippen MR) is 95.1 cm³/mol. The first-order valence-corrected chi connectivity index (χ1v) is 7.67. The van der Waals surface area contributed by atoms with Crippen molar-refractivity contribution in [1.29, 1.82) is 0 Å². The van der Waals surface area contributed by atoms with Crippen molar-refractivity contribution in [3.8, 4) is 5.69 Å². The van der Waals surface area contributed by atoms with E-state index in [0.717, 1.165) is 22.3 Å². The van der Waals surface area contributed by atoms with Gasteiger partial charge < -0.3 is 0 Å². The van der Waals surface area contributed by atoms with Crippen LogP contribution in [0.25, 0.3) is 28.9 Å². The molecule has 0 aliphatic heterocycles. The van der Waals surface area contributed by atoms with Crippen molar-refractivity contribution in [2.24, 2.45) is 7.05 Å². The van der Waals surface area contributed by atoms with Crippen molar-refractivity contribution in [3.05, 3.63) is 76.7 Å². The van der Waals surface area contributed by atoms with E-state index in [-0.39, 0.29) is 5.43 Å². The van der Waals surface area contributed by atoms with Gasteiger partial charge in [0.15, 0.2) is 0 Å². The zero-order chi connectivity index (χ0) is 17.2. The minimum absolute atomic E-state index is 0.142. The third kappa shape index (κ3) is 3.07. The van der Waals surface area contributed by atoms with E-state index in [1.807, 2.05) is 37.5 Å². The zero-order valence-electron chi connectivity index (χ0n) is 13.4. The van der Waals surface area contributed by atoms with Gasteiger partial charge in [-0.3, -0.25) is 19.4 Å². The summed E-state index contributed by atoms with van der Waals surface area (Å²) in [6.07, 6.45) is 12.0. The molecule has 0 N–H and O–H groups in total. The van der Waals surface area contributed by atoms with Crippen LogP contribution < -0.4 is 5.43 Å². The Kier molecular flexibility index (Phi) is 3.66. The number of hydrogen-bond donors (Lipinski definition) is 0. The Labute approximate surface area is 142 Å². The van der Waals surface area contributed by atoms with E-state index in [0.29, 0.717) is 5.69 Å². The second-order valence-electron chi connectivity index (χ2n) is 5.52. The lowest BCUT2D eigenvalue weighted by molar-refractivity contribution is 0.764. The summed E-state index contributed by atoms with van der Waals surface area (Å²) < 4.78 is 3.31. The minimum Gasteiger partial charge on any atom is -0.287 e. The molecule has 0 saturated heterocycles. The molecule has 7 nitrogen and oxygen atoms in total. The van der Waals surface area contributed by atoms with Crippen LogP contribution in [0.3, 0.4) is 0 Å². The first-order chi connectivity index (χ1) is 12.2. The van der Waals surface area contributed by atoms with Crippen molar-refractivity contribution in [1.82, 2.24) is 29.5 Å². The lowest BCUT2D eigenvalue weighted by Gasteiger charge is -2.02. The fourth-order valence-electron chi connectivity index (χ4n) is 2.47. The van der Waals surface area contributed by atoms with Crippen molar-refractivity contribution in [2.45, 2.75) is 0 Å². The molecule has 3 heterocycles. The van der Waals surface area contributed by atoms with E-state index in [9.17, 15) is 4.79 Å². The molecule has 0 saturated carbocycles. The molecular formula is C18H14N6O. The zero-order valence-corrected chi connectivity index (χ0v) is 13.4. The van der Waals surface area contributed by atoms with Gasteiger partial charge in [-0.25, -0.2) is 4.68 Å². The number of hydrogen-bond acceptors (Lipinski definition) is 5. The summed E-state index contributed by atoms with van der Waals surface area (Å²) in [6.45, 7) is 0. The Balaban J connectivity index is 1.69. The smallest absolute Gasteiger partial charge is 0.207 e. The highest BCUT2D eigenvalue weighted by Crippen LogP contribution is 2.13. The van der Waals surface area contributed by atoms with Gasteiger partial charge in [-0.1, -0.05) is 12.1 Å². The van der Waals surface area contributed by atoms with E-state index >= 15 is 0 Å². The molecule has 0 aliphatic rings. The molecule has 0 radical (unpaired) electrons. The van der Waals surface area contributed by atoms with Gasteiger partial charge in [0, 0.05) is 31.7 Å². The maximum atomic E-state index is 12.1. The van der Waals surface area contributed by atoms with Crippen LogP contribution in [0.15, 0.2) is 60.0 Å². The largest absolute Gasteiger partial charge is 0.287 e. The summed E-state index contributed by atoms with van der Waals surface area (Å²) in [5.74, 6) is 0. The molecular weight excluding hydrogens is 316 g/mol. The SMILES string of the molecule is Cn1cc(-n2ccc(=O)c(/C=C/c3ccc4nccnc4c3)n2)cn1. The highest BCUT2D eigenvalue weighted by molar-refractivity contribution is 5.79. The molecule has 0 unspecified atom stereocenters. The number of rotatable bonds is 3. The van der Waals surface area contributed by atoms with Gasteiger partial charge in [0.25, 0.3) is 0 Å². The molecule has 0 atom stereocenters. The summed E-state index contributed by atoms with van der Waals surface area (Å²) in [5, 5.41) is 8.48. The highest BCUT2D eigenvalue weighted by atomic mass is 16.1. The van der Waals surface area contributed by atoms with Crippen LogP contribution in [-0.4, -0.2) is 29.5 Å². The normalized spacial score (nSPS) is 11.4. The van der Waals surface area contributed by atoms with E-state index in [4.69, 9.17) is 0 Å². The van der Waals surface area contributed by atoms with Gasteiger partial charge in [-0.15, -0.1) is 0 Å². The van der Waals surface area contributed by atoms with Gasteiger partial charge in [-0.05, 0) is 23.8 Å². The van der Waals surface area contributed by atoms with Gasteiger partial charge >= 0.3 is 0 Å². The van der Waals surface area contributed by atoms with Crippen molar-refractivity contribution < 1.29 is 0 Å². The second kappa shape index (κ2) is 6.12. The maximum absolute atomic E-state index is 12.1. The first kappa shape index (κ1) is 14.9. The molecule has 0 bridgehead atoms. The number of aryl methyl sites for hydroxylation is 1. The molecule has 0 amide bonds. The van der Waals surface area contributed by atoms with Crippen LogP contribution in [0.4, 0.5) is 0 Å². The number of nitrogens with zero attached hydrogens (tertiary/aromatic N) is 6. The summed E-state index contributed by atoms with van der Waals surface area (Å²) in [6, 6.07) is 7.23. The number of aromatic nitrogens is 6. The lowest BCUT2D eigenvalue weighted by atomic mass is 10.1. The maximum Gasteiger partial charge on any atom is 0.207 e.